The molecule has 182 valence electrons. The molecule has 5 N–H and O–H groups in total. The summed E-state index contributed by atoms with van der Waals surface area (Å²) >= 11 is 0. The van der Waals surface area contributed by atoms with E-state index < -0.39 is 23.7 Å². The molecule has 8 heteroatoms. The fraction of sp³-hybridized carbons (Fsp3) is 0.346. The molecule has 2 atom stereocenters. The van der Waals surface area contributed by atoms with Crippen molar-refractivity contribution in [3.8, 4) is 34.5 Å². The second-order valence-corrected chi connectivity index (χ2v) is 8.58. The number of hydrogen-bond donors (Lipinski definition) is 5. The largest absolute Gasteiger partial charge is 0.507 e. The van der Waals surface area contributed by atoms with Crippen molar-refractivity contribution in [2.45, 2.75) is 51.7 Å². The normalized spacial score (nSPS) is 16.5. The molecule has 0 saturated carbocycles. The van der Waals surface area contributed by atoms with Gasteiger partial charge in [-0.05, 0) is 45.2 Å². The van der Waals surface area contributed by atoms with Gasteiger partial charge in [-0.25, -0.2) is 0 Å². The number of aromatic hydroxyl groups is 4. The van der Waals surface area contributed by atoms with Crippen molar-refractivity contribution >= 4 is 5.78 Å². The minimum Gasteiger partial charge on any atom is -0.507 e. The molecule has 0 bridgehead atoms. The van der Waals surface area contributed by atoms with Gasteiger partial charge in [0.25, 0.3) is 0 Å². The van der Waals surface area contributed by atoms with Crippen LogP contribution in [0, 0.1) is 0 Å². The highest BCUT2D eigenvalue weighted by Crippen LogP contribution is 2.46. The summed E-state index contributed by atoms with van der Waals surface area (Å²) in [5, 5.41) is 51.0. The van der Waals surface area contributed by atoms with E-state index in [9.17, 15) is 30.3 Å². The number of benzene rings is 2. The number of rotatable bonds is 8. The highest BCUT2D eigenvalue weighted by Gasteiger charge is 2.33. The number of phenols is 4. The van der Waals surface area contributed by atoms with Crippen LogP contribution in [0.2, 0.25) is 0 Å². The number of allylic oxidation sites excluding steroid dienone is 2. The number of aliphatic hydroxyl groups excluding tert-OH is 1. The Labute approximate surface area is 198 Å². The number of aliphatic hydroxyl groups is 1. The van der Waals surface area contributed by atoms with Crippen molar-refractivity contribution < 1.29 is 39.8 Å². The van der Waals surface area contributed by atoms with Crippen LogP contribution in [-0.4, -0.2) is 44.5 Å². The summed E-state index contributed by atoms with van der Waals surface area (Å²) in [7, 11) is 1.33. The second kappa shape index (κ2) is 10.1. The van der Waals surface area contributed by atoms with Crippen molar-refractivity contribution in [2.75, 3.05) is 7.11 Å². The van der Waals surface area contributed by atoms with Gasteiger partial charge in [-0.2, -0.15) is 0 Å². The first kappa shape index (κ1) is 25.0. The topological polar surface area (TPSA) is 137 Å². The SMILES string of the molecule is C=C(C)[C@H](O)CCC(C)=CCc1c(O)cc2c(c1O)C(=O)C[C@@H](c1cc(O)c(O)c(OC)c1)O2. The molecule has 0 unspecified atom stereocenters. The van der Waals surface area contributed by atoms with Crippen LogP contribution in [0.25, 0.3) is 0 Å². The zero-order chi connectivity index (χ0) is 25.2. The second-order valence-electron chi connectivity index (χ2n) is 8.58. The lowest BCUT2D eigenvalue weighted by molar-refractivity contribution is 0.0843. The molecule has 8 nitrogen and oxygen atoms in total. The minimum absolute atomic E-state index is 0.0113. The molecule has 2 aromatic rings. The Morgan fingerprint density at radius 2 is 1.88 bits per heavy atom. The molecule has 0 fully saturated rings. The number of Topliss-reactive ketones (excluding diaryl/α,β-unsaturated/α-hetero) is 1. The first-order chi connectivity index (χ1) is 16.0. The summed E-state index contributed by atoms with van der Waals surface area (Å²) in [6.45, 7) is 7.38. The fourth-order valence-corrected chi connectivity index (χ4v) is 3.83. The quantitative estimate of drug-likeness (QED) is 0.282. The lowest BCUT2D eigenvalue weighted by atomic mass is 9.92. The van der Waals surface area contributed by atoms with Crippen LogP contribution in [0.15, 0.2) is 42.0 Å². The lowest BCUT2D eigenvalue weighted by Gasteiger charge is -2.27. The Morgan fingerprint density at radius 1 is 1.18 bits per heavy atom. The number of ether oxygens (including phenoxy) is 2. The van der Waals surface area contributed by atoms with Gasteiger partial charge in [0.2, 0.25) is 5.75 Å². The van der Waals surface area contributed by atoms with Crippen LogP contribution in [-0.2, 0) is 6.42 Å². The van der Waals surface area contributed by atoms with E-state index in [0.29, 0.717) is 24.0 Å². The van der Waals surface area contributed by atoms with E-state index in [2.05, 4.69) is 6.58 Å². The van der Waals surface area contributed by atoms with Crippen LogP contribution in [0.4, 0.5) is 0 Å². The smallest absolute Gasteiger partial charge is 0.200 e. The molecular formula is C26H30O8. The molecular weight excluding hydrogens is 440 g/mol. The number of hydrogen-bond acceptors (Lipinski definition) is 8. The Hall–Kier alpha value is -3.65. The van der Waals surface area contributed by atoms with Crippen LogP contribution < -0.4 is 9.47 Å². The van der Waals surface area contributed by atoms with Gasteiger partial charge in [0, 0.05) is 17.2 Å². The highest BCUT2D eigenvalue weighted by atomic mass is 16.5. The van der Waals surface area contributed by atoms with Crippen LogP contribution in [0.1, 0.15) is 60.7 Å². The number of carbonyl (C=O) groups excluding carboxylic acids is 1. The van der Waals surface area contributed by atoms with E-state index in [0.717, 1.165) is 5.57 Å². The summed E-state index contributed by atoms with van der Waals surface area (Å²) in [5.74, 6) is -1.74. The molecule has 2 aromatic carbocycles. The average Bonchev–Trinajstić information content (AvgIpc) is 2.78. The minimum atomic E-state index is -0.813. The maximum Gasteiger partial charge on any atom is 0.200 e. The molecule has 1 aliphatic heterocycles. The molecule has 0 aliphatic carbocycles. The van der Waals surface area contributed by atoms with Gasteiger partial charge in [0.1, 0.15) is 28.9 Å². The summed E-state index contributed by atoms with van der Waals surface area (Å²) in [4.78, 5) is 12.9. The molecule has 0 saturated heterocycles. The summed E-state index contributed by atoms with van der Waals surface area (Å²) in [6.07, 6.45) is 1.64. The Morgan fingerprint density at radius 3 is 2.53 bits per heavy atom. The number of phenolic OH excluding ortho intramolecular Hbond substituents is 4. The summed E-state index contributed by atoms with van der Waals surface area (Å²) in [6, 6.07) is 4.01. The van der Waals surface area contributed by atoms with E-state index >= 15 is 0 Å². The molecule has 0 amide bonds. The molecule has 34 heavy (non-hydrogen) atoms. The van der Waals surface area contributed by atoms with Crippen LogP contribution >= 0.6 is 0 Å². The highest BCUT2D eigenvalue weighted by molar-refractivity contribution is 6.03. The molecule has 1 aliphatic rings. The number of ketones is 1. The summed E-state index contributed by atoms with van der Waals surface area (Å²) in [5.41, 5.74) is 2.24. The molecule has 0 spiro atoms. The monoisotopic (exact) mass is 470 g/mol. The van der Waals surface area contributed by atoms with E-state index in [1.807, 2.05) is 13.0 Å². The van der Waals surface area contributed by atoms with Gasteiger partial charge in [-0.3, -0.25) is 4.79 Å². The Bertz CT molecular complexity index is 1150. The number of fused-ring (bicyclic) bond motifs is 1. The first-order valence-electron chi connectivity index (χ1n) is 10.9. The third kappa shape index (κ3) is 5.12. The van der Waals surface area contributed by atoms with Crippen molar-refractivity contribution in [3.05, 3.63) is 58.7 Å². The Kier molecular flexibility index (Phi) is 7.41. The average molecular weight is 471 g/mol. The van der Waals surface area contributed by atoms with Crippen LogP contribution in [0.5, 0.6) is 34.5 Å². The zero-order valence-electron chi connectivity index (χ0n) is 19.5. The predicted octanol–water partition coefficient (Wildman–Crippen LogP) is 4.43. The van der Waals surface area contributed by atoms with Crippen LogP contribution in [0.3, 0.4) is 0 Å². The van der Waals surface area contributed by atoms with Crippen molar-refractivity contribution in [1.82, 2.24) is 0 Å². The van der Waals surface area contributed by atoms with E-state index in [1.165, 1.54) is 25.3 Å². The van der Waals surface area contributed by atoms with Gasteiger partial charge in [0.15, 0.2) is 17.3 Å². The molecule has 0 radical (unpaired) electrons. The van der Waals surface area contributed by atoms with Gasteiger partial charge in [0.05, 0.1) is 19.6 Å². The van der Waals surface area contributed by atoms with Crippen molar-refractivity contribution in [3.63, 3.8) is 0 Å². The maximum atomic E-state index is 12.9. The van der Waals surface area contributed by atoms with E-state index in [1.54, 1.807) is 6.92 Å². The van der Waals surface area contributed by atoms with E-state index in [-0.39, 0.29) is 52.7 Å². The maximum absolute atomic E-state index is 12.9. The predicted molar refractivity (Wildman–Crippen MR) is 126 cm³/mol. The van der Waals surface area contributed by atoms with Gasteiger partial charge in [-0.15, -0.1) is 0 Å². The first-order valence-corrected chi connectivity index (χ1v) is 10.9. The molecule has 1 heterocycles. The third-order valence-corrected chi connectivity index (χ3v) is 5.97. The number of methoxy groups -OCH3 is 1. The van der Waals surface area contributed by atoms with E-state index in [4.69, 9.17) is 9.47 Å². The molecule has 3 rings (SSSR count). The summed E-state index contributed by atoms with van der Waals surface area (Å²) < 4.78 is 10.9. The van der Waals surface area contributed by atoms with Crippen molar-refractivity contribution in [2.24, 2.45) is 0 Å². The molecule has 0 aromatic heterocycles. The van der Waals surface area contributed by atoms with Gasteiger partial charge in [-0.1, -0.05) is 23.8 Å². The Balaban J connectivity index is 1.85. The third-order valence-electron chi connectivity index (χ3n) is 5.97. The van der Waals surface area contributed by atoms with Crippen molar-refractivity contribution in [1.29, 1.82) is 0 Å². The zero-order valence-corrected chi connectivity index (χ0v) is 19.5. The lowest BCUT2D eigenvalue weighted by Crippen LogP contribution is -2.21. The number of carbonyl (C=O) groups is 1. The van der Waals surface area contributed by atoms with Gasteiger partial charge >= 0.3 is 0 Å². The standard InChI is InChI=1S/C26H30O8/c1-13(2)17(27)8-6-14(3)5-7-16-18(28)11-22-24(25(16)31)19(29)12-21(34-22)15-9-20(30)26(32)23(10-15)33-4/h5,9-11,17,21,27-28,30-32H,1,6-8,12H2,2-4H3/t17-,21+/m1/s1. The van der Waals surface area contributed by atoms with Gasteiger partial charge < -0.3 is 35.0 Å². The fourth-order valence-electron chi connectivity index (χ4n) is 3.83.